The van der Waals surface area contributed by atoms with Gasteiger partial charge in [-0.2, -0.15) is 5.26 Å². The van der Waals surface area contributed by atoms with Crippen molar-refractivity contribution >= 4 is 48.1 Å². The van der Waals surface area contributed by atoms with Crippen LogP contribution in [0.2, 0.25) is 0 Å². The molecule has 0 aliphatic heterocycles. The Morgan fingerprint density at radius 2 is 1.62 bits per heavy atom. The topological polar surface area (TPSA) is 155 Å². The summed E-state index contributed by atoms with van der Waals surface area (Å²) >= 11 is 1.20. The van der Waals surface area contributed by atoms with E-state index < -0.39 is 54.5 Å². The molecular weight excluding hydrogens is 676 g/mol. The summed E-state index contributed by atoms with van der Waals surface area (Å²) in [5, 5.41) is 31.2. The van der Waals surface area contributed by atoms with E-state index in [0.29, 0.717) is 32.5 Å². The molecule has 0 atom stereocenters. The highest BCUT2D eigenvalue weighted by Crippen LogP contribution is 2.45. The van der Waals surface area contributed by atoms with E-state index in [1.165, 1.54) is 27.4 Å². The minimum atomic E-state index is -4.55. The number of aryl methyl sites for hydroxylation is 1. The van der Waals surface area contributed by atoms with Crippen LogP contribution in [0.4, 0.5) is 4.39 Å². The molecule has 2 aromatic heterocycles. The molecule has 0 saturated heterocycles. The highest BCUT2D eigenvalue weighted by atomic mass is 32.2. The number of sulfone groups is 1. The number of halogens is 1. The van der Waals surface area contributed by atoms with Crippen molar-refractivity contribution in [3.63, 3.8) is 0 Å². The summed E-state index contributed by atoms with van der Waals surface area (Å²) in [5.41, 5.74) is 2.54. The molecule has 2 N–H and O–H groups in total. The van der Waals surface area contributed by atoms with Crippen LogP contribution in [0, 0.1) is 24.1 Å². The van der Waals surface area contributed by atoms with E-state index in [2.05, 4.69) is 6.07 Å². The maximum absolute atomic E-state index is 15.3. The molecule has 0 fully saturated rings. The summed E-state index contributed by atoms with van der Waals surface area (Å²) < 4.78 is 71.4. The van der Waals surface area contributed by atoms with E-state index in [0.717, 1.165) is 17.7 Å². The average Bonchev–Trinajstić information content (AvgIpc) is 3.66. The molecule has 13 heteroatoms. The van der Waals surface area contributed by atoms with Gasteiger partial charge < -0.3 is 10.2 Å². The van der Waals surface area contributed by atoms with E-state index in [4.69, 9.17) is 0 Å². The number of para-hydroxylation sites is 1. The van der Waals surface area contributed by atoms with Crippen LogP contribution in [-0.2, 0) is 31.3 Å². The maximum atomic E-state index is 15.3. The number of hydrogen-bond donors (Lipinski definition) is 2. The van der Waals surface area contributed by atoms with Gasteiger partial charge in [-0.1, -0.05) is 54.1 Å². The molecule has 0 amide bonds. The standard InChI is InChI=1S/C35H25FN2O7S3/c1-21-9-11-25(12-10-21)48(44,45)38-30-8-3-2-7-26(30)34(27-13-14-46-31(27)18-37)35(38)23-6-4-5-22(15-23)24-16-29(36)28(19-39)32(17-24)47(42,43)20-33(40)41/h2-17,39H,19-20H2,1H3,(H,40,41). The highest BCUT2D eigenvalue weighted by Gasteiger charge is 2.30. The van der Waals surface area contributed by atoms with Gasteiger partial charge in [0.25, 0.3) is 10.0 Å². The molecule has 0 aliphatic carbocycles. The molecular formula is C35H25FN2O7S3. The number of aliphatic hydroxyl groups is 1. The molecule has 6 aromatic rings. The lowest BCUT2D eigenvalue weighted by molar-refractivity contribution is -0.134. The van der Waals surface area contributed by atoms with Crippen molar-refractivity contribution in [1.82, 2.24) is 3.97 Å². The summed E-state index contributed by atoms with van der Waals surface area (Å²) in [7, 11) is -8.82. The van der Waals surface area contributed by atoms with Crippen LogP contribution in [0.25, 0.3) is 44.4 Å². The number of fused-ring (bicyclic) bond motifs is 1. The van der Waals surface area contributed by atoms with Gasteiger partial charge in [0.05, 0.1) is 27.6 Å². The summed E-state index contributed by atoms with van der Waals surface area (Å²) in [6.07, 6.45) is 0. The molecule has 0 unspecified atom stereocenters. The second-order valence-corrected chi connectivity index (χ2v) is 15.6. The first kappa shape index (κ1) is 32.8. The first-order valence-corrected chi connectivity index (χ1v) is 18.3. The third-order valence-corrected chi connectivity index (χ3v) is 12.1. The van der Waals surface area contributed by atoms with Crippen LogP contribution < -0.4 is 0 Å². The van der Waals surface area contributed by atoms with Gasteiger partial charge in [0, 0.05) is 27.6 Å². The zero-order chi connectivity index (χ0) is 34.4. The quantitative estimate of drug-likeness (QED) is 0.171. The molecule has 0 saturated carbocycles. The highest BCUT2D eigenvalue weighted by molar-refractivity contribution is 7.92. The fourth-order valence-corrected chi connectivity index (χ4v) is 9.26. The average molecular weight is 701 g/mol. The minimum absolute atomic E-state index is 0.0265. The largest absolute Gasteiger partial charge is 0.480 e. The van der Waals surface area contributed by atoms with E-state index in [1.54, 1.807) is 72.1 Å². The predicted octanol–water partition coefficient (Wildman–Crippen LogP) is 6.61. The van der Waals surface area contributed by atoms with E-state index in [9.17, 15) is 37.1 Å². The molecule has 48 heavy (non-hydrogen) atoms. The Morgan fingerprint density at radius 1 is 0.917 bits per heavy atom. The monoisotopic (exact) mass is 700 g/mol. The van der Waals surface area contributed by atoms with Gasteiger partial charge in [0.15, 0.2) is 15.6 Å². The molecule has 0 radical (unpaired) electrons. The number of benzene rings is 4. The van der Waals surface area contributed by atoms with Crippen molar-refractivity contribution in [3.05, 3.63) is 118 Å². The zero-order valence-electron chi connectivity index (χ0n) is 25.1. The van der Waals surface area contributed by atoms with Crippen molar-refractivity contribution < 1.29 is 36.2 Å². The van der Waals surface area contributed by atoms with Gasteiger partial charge in [-0.3, -0.25) is 4.79 Å². The van der Waals surface area contributed by atoms with Gasteiger partial charge in [-0.05, 0) is 65.9 Å². The molecule has 6 rings (SSSR count). The number of carbonyl (C=O) groups is 1. The van der Waals surface area contributed by atoms with Crippen LogP contribution in [-0.4, -0.2) is 42.7 Å². The van der Waals surface area contributed by atoms with Gasteiger partial charge >= 0.3 is 5.97 Å². The van der Waals surface area contributed by atoms with Gasteiger partial charge in [-0.15, -0.1) is 11.3 Å². The number of nitrogens with zero attached hydrogens (tertiary/aromatic N) is 2. The molecule has 242 valence electrons. The number of rotatable bonds is 9. The van der Waals surface area contributed by atoms with Crippen molar-refractivity contribution in [1.29, 1.82) is 5.26 Å². The van der Waals surface area contributed by atoms with Gasteiger partial charge in [-0.25, -0.2) is 25.2 Å². The fourth-order valence-electron chi connectivity index (χ4n) is 5.70. The van der Waals surface area contributed by atoms with Crippen LogP contribution in [0.1, 0.15) is 16.0 Å². The second-order valence-electron chi connectivity index (χ2n) is 10.9. The summed E-state index contributed by atoms with van der Waals surface area (Å²) in [6, 6.07) is 25.7. The molecule has 4 aromatic carbocycles. The number of hydrogen-bond acceptors (Lipinski definition) is 8. The number of aliphatic hydroxyl groups excluding tert-OH is 1. The molecule has 2 heterocycles. The summed E-state index contributed by atoms with van der Waals surface area (Å²) in [6.45, 7) is 0.854. The maximum Gasteiger partial charge on any atom is 0.319 e. The first-order chi connectivity index (χ1) is 22.9. The Bertz CT molecular complexity index is 2510. The number of thiophene rings is 1. The number of nitriles is 1. The first-order valence-electron chi connectivity index (χ1n) is 14.3. The smallest absolute Gasteiger partial charge is 0.319 e. The van der Waals surface area contributed by atoms with E-state index in [-0.39, 0.29) is 21.7 Å². The van der Waals surface area contributed by atoms with Crippen molar-refractivity contribution in [2.24, 2.45) is 0 Å². The number of carboxylic acid groups (broad SMARTS) is 1. The van der Waals surface area contributed by atoms with Crippen LogP contribution in [0.3, 0.4) is 0 Å². The third-order valence-electron chi connectivity index (χ3n) is 7.86. The summed E-state index contributed by atoms with van der Waals surface area (Å²) in [4.78, 5) is 11.0. The molecule has 0 bridgehead atoms. The zero-order valence-corrected chi connectivity index (χ0v) is 27.5. The summed E-state index contributed by atoms with van der Waals surface area (Å²) in [5.74, 6) is -4.02. The Morgan fingerprint density at radius 3 is 2.31 bits per heavy atom. The Labute approximate surface area is 279 Å². The van der Waals surface area contributed by atoms with Crippen molar-refractivity contribution in [3.8, 4) is 39.6 Å². The van der Waals surface area contributed by atoms with Crippen LogP contribution in [0.15, 0.2) is 106 Å². The molecule has 0 spiro atoms. The molecule has 9 nitrogen and oxygen atoms in total. The Hall–Kier alpha value is -5.13. The fraction of sp³-hybridized carbons (Fsp3) is 0.0857. The number of aromatic nitrogens is 1. The van der Waals surface area contributed by atoms with Crippen molar-refractivity contribution in [2.75, 3.05) is 5.75 Å². The van der Waals surface area contributed by atoms with Crippen LogP contribution in [0.5, 0.6) is 0 Å². The normalized spacial score (nSPS) is 11.9. The second kappa shape index (κ2) is 12.5. The van der Waals surface area contributed by atoms with Crippen molar-refractivity contribution in [2.45, 2.75) is 23.3 Å². The molecule has 0 aliphatic rings. The van der Waals surface area contributed by atoms with E-state index >= 15 is 4.39 Å². The van der Waals surface area contributed by atoms with Gasteiger partial charge in [0.1, 0.15) is 16.8 Å². The SMILES string of the molecule is Cc1ccc(S(=O)(=O)n2c(-c3cccc(-c4cc(F)c(CO)c(S(=O)(=O)CC(=O)O)c4)c3)c(-c3ccsc3C#N)c3ccccc32)cc1. The van der Waals surface area contributed by atoms with E-state index in [1.807, 2.05) is 6.92 Å². The lowest BCUT2D eigenvalue weighted by Crippen LogP contribution is -2.17. The minimum Gasteiger partial charge on any atom is -0.480 e. The lowest BCUT2D eigenvalue weighted by Gasteiger charge is -2.16. The Kier molecular flexibility index (Phi) is 8.52. The lowest BCUT2D eigenvalue weighted by atomic mass is 9.96. The van der Waals surface area contributed by atoms with Gasteiger partial charge in [0.2, 0.25) is 0 Å². The Balaban J connectivity index is 1.68. The number of carboxylic acids is 1. The predicted molar refractivity (Wildman–Crippen MR) is 180 cm³/mol. The number of aliphatic carboxylic acids is 1. The van der Waals surface area contributed by atoms with Crippen LogP contribution >= 0.6 is 11.3 Å². The third kappa shape index (κ3) is 5.69.